The third-order valence-corrected chi connectivity index (χ3v) is 6.84. The molecule has 0 saturated heterocycles. The molecule has 0 atom stereocenters. The number of aryl methyl sites for hydroxylation is 1. The minimum atomic E-state index is 0.0943. The molecule has 3 aromatic rings. The molecule has 212 valence electrons. The molecular formula is C33H41N3O4. The highest BCUT2D eigenvalue weighted by atomic mass is 16.5. The van der Waals surface area contributed by atoms with E-state index in [1.165, 1.54) is 5.56 Å². The molecule has 1 amide bonds. The van der Waals surface area contributed by atoms with E-state index in [9.17, 15) is 4.79 Å². The van der Waals surface area contributed by atoms with Crippen molar-refractivity contribution < 1.29 is 19.0 Å². The van der Waals surface area contributed by atoms with Gasteiger partial charge < -0.3 is 24.4 Å². The Morgan fingerprint density at radius 3 is 2.52 bits per heavy atom. The first-order valence-electron chi connectivity index (χ1n) is 14.2. The number of fused-ring (bicyclic) bond motifs is 1. The molecule has 1 aliphatic heterocycles. The van der Waals surface area contributed by atoms with Crippen LogP contribution in [0.2, 0.25) is 0 Å². The van der Waals surface area contributed by atoms with E-state index >= 15 is 0 Å². The minimum Gasteiger partial charge on any atom is -0.485 e. The fourth-order valence-electron chi connectivity index (χ4n) is 4.43. The van der Waals surface area contributed by atoms with Gasteiger partial charge in [0.1, 0.15) is 18.0 Å². The maximum absolute atomic E-state index is 11.6. The maximum Gasteiger partial charge on any atom is 0.220 e. The molecule has 1 heterocycles. The summed E-state index contributed by atoms with van der Waals surface area (Å²) in [6, 6.07) is 23.1. The third-order valence-electron chi connectivity index (χ3n) is 6.84. The first-order valence-corrected chi connectivity index (χ1v) is 14.2. The quantitative estimate of drug-likeness (QED) is 0.240. The lowest BCUT2D eigenvalue weighted by Crippen LogP contribution is -2.27. The van der Waals surface area contributed by atoms with Crippen molar-refractivity contribution in [2.75, 3.05) is 58.1 Å². The molecule has 1 N–H and O–H groups in total. The van der Waals surface area contributed by atoms with Gasteiger partial charge in [-0.05, 0) is 59.9 Å². The minimum absolute atomic E-state index is 0.0943. The first kappa shape index (κ1) is 29.3. The average Bonchev–Trinajstić information content (AvgIpc) is 2.98. The summed E-state index contributed by atoms with van der Waals surface area (Å²) in [7, 11) is 2.07. The number of nitrogens with zero attached hydrogens (tertiary/aromatic N) is 2. The van der Waals surface area contributed by atoms with Gasteiger partial charge in [0, 0.05) is 32.2 Å². The van der Waals surface area contributed by atoms with Crippen molar-refractivity contribution in [2.24, 2.45) is 4.99 Å². The molecule has 4 rings (SSSR count). The highest BCUT2D eigenvalue weighted by Gasteiger charge is 2.15. The largest absolute Gasteiger partial charge is 0.485 e. The highest BCUT2D eigenvalue weighted by molar-refractivity contribution is 6.04. The molecule has 40 heavy (non-hydrogen) atoms. The van der Waals surface area contributed by atoms with Crippen LogP contribution in [-0.2, 0) is 14.3 Å². The molecule has 0 saturated carbocycles. The molecule has 0 unspecified atom stereocenters. The normalized spacial score (nSPS) is 12.3. The van der Waals surface area contributed by atoms with E-state index in [1.54, 1.807) is 0 Å². The summed E-state index contributed by atoms with van der Waals surface area (Å²) >= 11 is 0. The van der Waals surface area contributed by atoms with E-state index in [4.69, 9.17) is 19.2 Å². The fraction of sp³-hybridized carbons (Fsp3) is 0.394. The summed E-state index contributed by atoms with van der Waals surface area (Å²) in [5.41, 5.74) is 7.53. The second kappa shape index (κ2) is 15.2. The van der Waals surface area contributed by atoms with Gasteiger partial charge >= 0.3 is 0 Å². The summed E-state index contributed by atoms with van der Waals surface area (Å²) in [4.78, 5) is 18.6. The summed E-state index contributed by atoms with van der Waals surface area (Å²) in [6.07, 6.45) is 2.54. The van der Waals surface area contributed by atoms with Gasteiger partial charge in [-0.2, -0.15) is 0 Å². The molecule has 1 aliphatic rings. The Balaban J connectivity index is 1.20. The Kier molecular flexibility index (Phi) is 11.1. The van der Waals surface area contributed by atoms with Crippen molar-refractivity contribution in [3.05, 3.63) is 77.9 Å². The topological polar surface area (TPSA) is 72.4 Å². The number of carbonyl (C=O) groups excluding carboxylic acids is 1. The van der Waals surface area contributed by atoms with E-state index < -0.39 is 0 Å². The predicted octanol–water partition coefficient (Wildman–Crippen LogP) is 5.95. The number of likely N-dealkylation sites (N-methyl/N-ethyl adjacent to an activating group) is 1. The van der Waals surface area contributed by atoms with Gasteiger partial charge in [-0.1, -0.05) is 55.8 Å². The van der Waals surface area contributed by atoms with Crippen LogP contribution in [0.5, 0.6) is 5.75 Å². The predicted molar refractivity (Wildman–Crippen MR) is 162 cm³/mol. The zero-order valence-electron chi connectivity index (χ0n) is 23.9. The second-order valence-corrected chi connectivity index (χ2v) is 10.0. The van der Waals surface area contributed by atoms with E-state index in [2.05, 4.69) is 85.7 Å². The summed E-state index contributed by atoms with van der Waals surface area (Å²) in [5.74, 6) is 0.933. The number of aliphatic imine (C=N–C) groups is 1. The number of nitrogens with one attached hydrogen (secondary N) is 1. The van der Waals surface area contributed by atoms with Gasteiger partial charge in [0.15, 0.2) is 0 Å². The van der Waals surface area contributed by atoms with E-state index in [1.807, 2.05) is 12.1 Å². The van der Waals surface area contributed by atoms with Crippen LogP contribution in [0, 0.1) is 6.92 Å². The molecule has 3 aromatic carbocycles. The lowest BCUT2D eigenvalue weighted by Gasteiger charge is -2.20. The fourth-order valence-corrected chi connectivity index (χ4v) is 4.43. The maximum atomic E-state index is 11.6. The third kappa shape index (κ3) is 8.66. The van der Waals surface area contributed by atoms with E-state index in [0.29, 0.717) is 46.0 Å². The molecule has 0 fully saturated rings. The lowest BCUT2D eigenvalue weighted by molar-refractivity contribution is -0.121. The van der Waals surface area contributed by atoms with Gasteiger partial charge in [-0.3, -0.25) is 4.79 Å². The molecular weight excluding hydrogens is 502 g/mol. The van der Waals surface area contributed by atoms with Gasteiger partial charge in [0.2, 0.25) is 5.91 Å². The van der Waals surface area contributed by atoms with Crippen molar-refractivity contribution in [2.45, 2.75) is 33.1 Å². The zero-order chi connectivity index (χ0) is 28.2. The van der Waals surface area contributed by atoms with Crippen LogP contribution in [0.4, 0.5) is 11.4 Å². The van der Waals surface area contributed by atoms with Gasteiger partial charge in [-0.15, -0.1) is 0 Å². The zero-order valence-corrected chi connectivity index (χ0v) is 23.9. The van der Waals surface area contributed by atoms with Crippen molar-refractivity contribution in [3.63, 3.8) is 0 Å². The summed E-state index contributed by atoms with van der Waals surface area (Å²) in [6.45, 7) is 8.10. The number of carbonyl (C=O) groups is 1. The number of hydrogen-bond acceptors (Lipinski definition) is 6. The lowest BCUT2D eigenvalue weighted by atomic mass is 10.0. The first-order chi connectivity index (χ1) is 19.5. The monoisotopic (exact) mass is 543 g/mol. The van der Waals surface area contributed by atoms with Crippen LogP contribution in [-0.4, -0.2) is 64.8 Å². The van der Waals surface area contributed by atoms with Crippen LogP contribution in [0.1, 0.15) is 37.3 Å². The number of amides is 1. The summed E-state index contributed by atoms with van der Waals surface area (Å²) in [5, 5.41) is 2.87. The molecule has 0 radical (unpaired) electrons. The molecule has 7 nitrogen and oxygen atoms in total. The van der Waals surface area contributed by atoms with Crippen molar-refractivity contribution in [1.82, 2.24) is 5.32 Å². The molecule has 7 heteroatoms. The molecule has 0 spiro atoms. The Bertz CT molecular complexity index is 1270. The Morgan fingerprint density at radius 2 is 1.73 bits per heavy atom. The second-order valence-electron chi connectivity index (χ2n) is 10.0. The van der Waals surface area contributed by atoms with Crippen LogP contribution >= 0.6 is 0 Å². The smallest absolute Gasteiger partial charge is 0.220 e. The summed E-state index contributed by atoms with van der Waals surface area (Å²) < 4.78 is 17.2. The number of hydrogen-bond donors (Lipinski definition) is 1. The molecule has 0 bridgehead atoms. The number of benzene rings is 3. The Hall–Kier alpha value is -3.68. The van der Waals surface area contributed by atoms with Crippen LogP contribution in [0.3, 0.4) is 0 Å². The van der Waals surface area contributed by atoms with Crippen LogP contribution < -0.4 is 15.0 Å². The van der Waals surface area contributed by atoms with E-state index in [0.717, 1.165) is 58.9 Å². The Labute approximate surface area is 238 Å². The number of rotatable bonds is 15. The van der Waals surface area contributed by atoms with Crippen LogP contribution in [0.25, 0.3) is 11.1 Å². The van der Waals surface area contributed by atoms with Crippen molar-refractivity contribution in [1.29, 1.82) is 0 Å². The highest BCUT2D eigenvalue weighted by Crippen LogP contribution is 2.33. The van der Waals surface area contributed by atoms with Gasteiger partial charge in [0.25, 0.3) is 0 Å². The standard InChI is InChI=1S/C33H41N3O4/c1-4-5-9-33(37)34-16-18-38-20-21-39-19-17-36(3)29-8-6-7-28(23-29)26-11-13-27(14-12-26)31-24-40-32-15-10-25(2)22-30(32)35-31/h6-8,10-15,22-23H,4-5,9,16-21,24H2,1-3H3,(H,34,37). The van der Waals surface area contributed by atoms with Crippen LogP contribution in [0.15, 0.2) is 71.7 Å². The molecule has 0 aromatic heterocycles. The number of ether oxygens (including phenoxy) is 3. The van der Waals surface area contributed by atoms with Crippen molar-refractivity contribution >= 4 is 23.0 Å². The van der Waals surface area contributed by atoms with Gasteiger partial charge in [0.05, 0.1) is 32.1 Å². The number of anilines is 1. The SMILES string of the molecule is CCCCC(=O)NCCOCCOCCN(C)c1cccc(-c2ccc(C3=Nc4cc(C)ccc4OC3)cc2)c1. The Morgan fingerprint density at radius 1 is 0.950 bits per heavy atom. The van der Waals surface area contributed by atoms with Crippen molar-refractivity contribution in [3.8, 4) is 16.9 Å². The average molecular weight is 544 g/mol. The van der Waals surface area contributed by atoms with E-state index in [-0.39, 0.29) is 5.91 Å². The van der Waals surface area contributed by atoms with Gasteiger partial charge in [-0.25, -0.2) is 4.99 Å². The number of unbranched alkanes of at least 4 members (excludes halogenated alkanes) is 1. The molecule has 0 aliphatic carbocycles.